The van der Waals surface area contributed by atoms with Gasteiger partial charge in [-0.3, -0.25) is 19.4 Å². The zero-order chi connectivity index (χ0) is 22.4. The quantitative estimate of drug-likeness (QED) is 0.720. The Morgan fingerprint density at radius 2 is 1.52 bits per heavy atom. The maximum atomic E-state index is 12.6. The first-order valence-corrected chi connectivity index (χ1v) is 11.0. The lowest BCUT2D eigenvalue weighted by molar-refractivity contribution is -0.128. The number of amides is 2. The molecule has 1 fully saturated rings. The molecule has 1 saturated heterocycles. The van der Waals surface area contributed by atoms with Crippen LogP contribution in [-0.2, 0) is 16.1 Å². The minimum atomic E-state index is -0.256. The normalized spacial score (nSPS) is 16.0. The van der Waals surface area contributed by atoms with Crippen molar-refractivity contribution in [1.29, 1.82) is 0 Å². The van der Waals surface area contributed by atoms with Crippen LogP contribution < -0.4 is 10.6 Å². The first kappa shape index (κ1) is 23.0. The molecule has 0 spiro atoms. The lowest BCUT2D eigenvalue weighted by Crippen LogP contribution is -2.54. The van der Waals surface area contributed by atoms with Crippen molar-refractivity contribution in [1.82, 2.24) is 15.1 Å². The molecule has 2 aromatic rings. The summed E-state index contributed by atoms with van der Waals surface area (Å²) in [6.07, 6.45) is 0. The number of para-hydroxylation sites is 1. The molecule has 0 aliphatic carbocycles. The van der Waals surface area contributed by atoms with Crippen molar-refractivity contribution < 1.29 is 9.59 Å². The fourth-order valence-electron chi connectivity index (χ4n) is 4.01. The lowest BCUT2D eigenvalue weighted by Gasteiger charge is -2.37. The van der Waals surface area contributed by atoms with Crippen molar-refractivity contribution in [3.05, 3.63) is 64.7 Å². The van der Waals surface area contributed by atoms with Gasteiger partial charge in [0, 0.05) is 38.4 Å². The molecule has 0 radical (unpaired) electrons. The van der Waals surface area contributed by atoms with Gasteiger partial charge in [-0.15, -0.1) is 0 Å². The molecule has 1 aliphatic rings. The second kappa shape index (κ2) is 10.6. The third-order valence-corrected chi connectivity index (χ3v) is 6.16. The van der Waals surface area contributed by atoms with Crippen LogP contribution in [0.25, 0.3) is 0 Å². The second-order valence-corrected chi connectivity index (χ2v) is 8.45. The van der Waals surface area contributed by atoms with E-state index in [1.807, 2.05) is 39.0 Å². The van der Waals surface area contributed by atoms with Crippen LogP contribution in [0.3, 0.4) is 0 Å². The highest BCUT2D eigenvalue weighted by Crippen LogP contribution is 2.19. The summed E-state index contributed by atoms with van der Waals surface area (Å²) in [5.41, 5.74) is 5.52. The standard InChI is InChI=1S/C25H34N4O2/c1-18-8-5-6-11-22(18)17-28-12-14-29(15-13-28)21(4)25(31)26-16-23(30)27-24-19(2)9-7-10-20(24)3/h5-11,21H,12-17H2,1-4H3,(H,26,31)(H,27,30)/t21-/m0/s1. The van der Waals surface area contributed by atoms with E-state index in [-0.39, 0.29) is 24.4 Å². The van der Waals surface area contributed by atoms with E-state index in [9.17, 15) is 9.59 Å². The van der Waals surface area contributed by atoms with Crippen LogP contribution in [-0.4, -0.2) is 60.4 Å². The molecule has 6 heteroatoms. The van der Waals surface area contributed by atoms with Crippen molar-refractivity contribution in [2.75, 3.05) is 38.0 Å². The van der Waals surface area contributed by atoms with Gasteiger partial charge in [0.05, 0.1) is 12.6 Å². The summed E-state index contributed by atoms with van der Waals surface area (Å²) < 4.78 is 0. The van der Waals surface area contributed by atoms with Crippen LogP contribution in [0.5, 0.6) is 0 Å². The van der Waals surface area contributed by atoms with Crippen molar-refractivity contribution in [3.8, 4) is 0 Å². The van der Waals surface area contributed by atoms with Gasteiger partial charge in [-0.05, 0) is 49.9 Å². The van der Waals surface area contributed by atoms with E-state index in [1.54, 1.807) is 0 Å². The molecular formula is C25H34N4O2. The molecule has 2 N–H and O–H groups in total. The summed E-state index contributed by atoms with van der Waals surface area (Å²) in [6, 6.07) is 14.1. The third-order valence-electron chi connectivity index (χ3n) is 6.16. The van der Waals surface area contributed by atoms with Crippen LogP contribution >= 0.6 is 0 Å². The number of hydrogen-bond donors (Lipinski definition) is 2. The molecule has 1 atom stereocenters. The van der Waals surface area contributed by atoms with E-state index in [4.69, 9.17) is 0 Å². The van der Waals surface area contributed by atoms with Crippen LogP contribution in [0.1, 0.15) is 29.2 Å². The Kier molecular flexibility index (Phi) is 7.82. The molecule has 1 aliphatic heterocycles. The highest BCUT2D eigenvalue weighted by atomic mass is 16.2. The van der Waals surface area contributed by atoms with Gasteiger partial charge in [0.2, 0.25) is 11.8 Å². The number of anilines is 1. The summed E-state index contributed by atoms with van der Waals surface area (Å²) in [6.45, 7) is 12.4. The summed E-state index contributed by atoms with van der Waals surface area (Å²) in [4.78, 5) is 29.5. The van der Waals surface area contributed by atoms with Crippen LogP contribution in [0, 0.1) is 20.8 Å². The molecule has 31 heavy (non-hydrogen) atoms. The van der Waals surface area contributed by atoms with Crippen LogP contribution in [0.4, 0.5) is 5.69 Å². The predicted molar refractivity (Wildman–Crippen MR) is 125 cm³/mol. The molecule has 0 aromatic heterocycles. The van der Waals surface area contributed by atoms with E-state index in [1.165, 1.54) is 11.1 Å². The van der Waals surface area contributed by atoms with Gasteiger partial charge in [-0.1, -0.05) is 42.5 Å². The molecule has 166 valence electrons. The van der Waals surface area contributed by atoms with Crippen molar-refractivity contribution >= 4 is 17.5 Å². The Hall–Kier alpha value is -2.70. The molecule has 6 nitrogen and oxygen atoms in total. The minimum Gasteiger partial charge on any atom is -0.346 e. The highest BCUT2D eigenvalue weighted by Gasteiger charge is 2.26. The topological polar surface area (TPSA) is 64.7 Å². The highest BCUT2D eigenvalue weighted by molar-refractivity contribution is 5.96. The number of nitrogens with one attached hydrogen (secondary N) is 2. The summed E-state index contributed by atoms with van der Waals surface area (Å²) in [7, 11) is 0. The Labute approximate surface area is 185 Å². The maximum absolute atomic E-state index is 12.6. The maximum Gasteiger partial charge on any atom is 0.243 e. The molecule has 2 amide bonds. The first-order valence-electron chi connectivity index (χ1n) is 11.0. The summed E-state index contributed by atoms with van der Waals surface area (Å²) >= 11 is 0. The smallest absolute Gasteiger partial charge is 0.243 e. The Morgan fingerprint density at radius 3 is 2.16 bits per heavy atom. The predicted octanol–water partition coefficient (Wildman–Crippen LogP) is 2.87. The van der Waals surface area contributed by atoms with Crippen molar-refractivity contribution in [2.24, 2.45) is 0 Å². The SMILES string of the molecule is Cc1ccccc1CN1CCN([C@@H](C)C(=O)NCC(=O)Nc2c(C)cccc2C)CC1. The Bertz CT molecular complexity index is 899. The van der Waals surface area contributed by atoms with Crippen molar-refractivity contribution in [2.45, 2.75) is 40.3 Å². The number of carbonyl (C=O) groups is 2. The largest absolute Gasteiger partial charge is 0.346 e. The van der Waals surface area contributed by atoms with Gasteiger partial charge in [0.1, 0.15) is 0 Å². The molecular weight excluding hydrogens is 388 g/mol. The molecule has 0 bridgehead atoms. The average molecular weight is 423 g/mol. The number of aryl methyl sites for hydroxylation is 3. The molecule has 3 rings (SSSR count). The fourth-order valence-corrected chi connectivity index (χ4v) is 4.01. The number of nitrogens with zero attached hydrogens (tertiary/aromatic N) is 2. The van der Waals surface area contributed by atoms with E-state index in [0.29, 0.717) is 0 Å². The second-order valence-electron chi connectivity index (χ2n) is 8.45. The van der Waals surface area contributed by atoms with Gasteiger partial charge in [-0.2, -0.15) is 0 Å². The zero-order valence-corrected chi connectivity index (χ0v) is 19.1. The van der Waals surface area contributed by atoms with E-state index < -0.39 is 0 Å². The van der Waals surface area contributed by atoms with Crippen molar-refractivity contribution in [3.63, 3.8) is 0 Å². The number of benzene rings is 2. The summed E-state index contributed by atoms with van der Waals surface area (Å²) in [5.74, 6) is -0.315. The Morgan fingerprint density at radius 1 is 0.903 bits per heavy atom. The summed E-state index contributed by atoms with van der Waals surface area (Å²) in [5, 5.41) is 5.70. The van der Waals surface area contributed by atoms with E-state index in [2.05, 4.69) is 51.6 Å². The van der Waals surface area contributed by atoms with E-state index in [0.717, 1.165) is 49.5 Å². The monoisotopic (exact) mass is 422 g/mol. The van der Waals surface area contributed by atoms with Gasteiger partial charge in [-0.25, -0.2) is 0 Å². The Balaban J connectivity index is 1.43. The van der Waals surface area contributed by atoms with E-state index >= 15 is 0 Å². The fraction of sp³-hybridized carbons (Fsp3) is 0.440. The van der Waals surface area contributed by atoms with Crippen LogP contribution in [0.15, 0.2) is 42.5 Å². The number of rotatable bonds is 7. The molecule has 0 saturated carbocycles. The van der Waals surface area contributed by atoms with Crippen LogP contribution in [0.2, 0.25) is 0 Å². The molecule has 1 heterocycles. The van der Waals surface area contributed by atoms with Gasteiger partial charge in [0.15, 0.2) is 0 Å². The van der Waals surface area contributed by atoms with Gasteiger partial charge in [0.25, 0.3) is 0 Å². The lowest BCUT2D eigenvalue weighted by atomic mass is 10.1. The number of piperazine rings is 1. The zero-order valence-electron chi connectivity index (χ0n) is 19.1. The molecule has 2 aromatic carbocycles. The molecule has 0 unspecified atom stereocenters. The van der Waals surface area contributed by atoms with Gasteiger partial charge >= 0.3 is 0 Å². The minimum absolute atomic E-state index is 0.0236. The first-order chi connectivity index (χ1) is 14.8. The average Bonchev–Trinajstić information content (AvgIpc) is 2.76. The third kappa shape index (κ3) is 6.15. The number of carbonyl (C=O) groups excluding carboxylic acids is 2. The van der Waals surface area contributed by atoms with Gasteiger partial charge < -0.3 is 10.6 Å². The number of hydrogen-bond acceptors (Lipinski definition) is 4.